The van der Waals surface area contributed by atoms with Crippen LogP contribution in [0.25, 0.3) is 5.70 Å². The third-order valence-electron chi connectivity index (χ3n) is 7.99. The lowest BCUT2D eigenvalue weighted by atomic mass is 9.92. The van der Waals surface area contributed by atoms with Gasteiger partial charge >= 0.3 is 0 Å². The number of aromatic nitrogens is 1. The molecule has 0 aliphatic carbocycles. The van der Waals surface area contributed by atoms with Gasteiger partial charge in [0.05, 0.1) is 30.0 Å². The van der Waals surface area contributed by atoms with Gasteiger partial charge < -0.3 is 24.4 Å². The van der Waals surface area contributed by atoms with Crippen LogP contribution in [0.3, 0.4) is 0 Å². The molecule has 40 heavy (non-hydrogen) atoms. The molecule has 0 spiro atoms. The van der Waals surface area contributed by atoms with E-state index in [4.69, 9.17) is 14.2 Å². The number of ether oxygens (including phenoxy) is 3. The Kier molecular flexibility index (Phi) is 7.50. The fourth-order valence-corrected chi connectivity index (χ4v) is 7.31. The van der Waals surface area contributed by atoms with E-state index >= 15 is 0 Å². The van der Waals surface area contributed by atoms with Crippen molar-refractivity contribution in [3.63, 3.8) is 0 Å². The standard InChI is InChI=1S/C30H34N4O5S/c1-37-25-10-12-26(13-11-25)40(35,36)33-17-14-24(15-18-33)29-32-28(27-9-5-6-16-31-27)20-34(29)30(21-38-22-39-30)19-23-7-3-2-4-8-23/h2-13,16,20,24,29,32H,14-15,17-19,21-22H2,1H3. The Morgan fingerprint density at radius 3 is 2.42 bits per heavy atom. The van der Waals surface area contributed by atoms with Crippen molar-refractivity contribution in [1.29, 1.82) is 0 Å². The molecular formula is C30H34N4O5S. The van der Waals surface area contributed by atoms with Gasteiger partial charge in [0.1, 0.15) is 18.7 Å². The van der Waals surface area contributed by atoms with E-state index < -0.39 is 15.7 Å². The number of rotatable bonds is 8. The molecule has 210 valence electrons. The number of pyridine rings is 1. The van der Waals surface area contributed by atoms with E-state index in [2.05, 4.69) is 33.5 Å². The third kappa shape index (κ3) is 5.19. The Morgan fingerprint density at radius 2 is 1.77 bits per heavy atom. The van der Waals surface area contributed by atoms with Crippen molar-refractivity contribution in [1.82, 2.24) is 19.5 Å². The molecule has 9 nitrogen and oxygen atoms in total. The summed E-state index contributed by atoms with van der Waals surface area (Å²) in [7, 11) is -2.03. The molecular weight excluding hydrogens is 528 g/mol. The first kappa shape index (κ1) is 26.8. The minimum absolute atomic E-state index is 0.103. The first-order valence-electron chi connectivity index (χ1n) is 13.6. The van der Waals surface area contributed by atoms with Crippen LogP contribution in [0, 0.1) is 5.92 Å². The van der Waals surface area contributed by atoms with Crippen LogP contribution >= 0.6 is 0 Å². The maximum atomic E-state index is 13.4. The van der Waals surface area contributed by atoms with Gasteiger partial charge in [0.25, 0.3) is 0 Å². The Labute approximate surface area is 235 Å². The fraction of sp³-hybridized carbons (Fsp3) is 0.367. The normalized spacial score (nSPS) is 24.1. The Balaban J connectivity index is 1.25. The molecule has 1 N–H and O–H groups in total. The number of nitrogens with zero attached hydrogens (tertiary/aromatic N) is 3. The van der Waals surface area contributed by atoms with E-state index in [1.165, 1.54) is 0 Å². The van der Waals surface area contributed by atoms with Crippen LogP contribution in [-0.4, -0.2) is 68.1 Å². The highest BCUT2D eigenvalue weighted by atomic mass is 32.2. The lowest BCUT2D eigenvalue weighted by molar-refractivity contribution is -0.119. The highest BCUT2D eigenvalue weighted by Crippen LogP contribution is 2.39. The van der Waals surface area contributed by atoms with Gasteiger partial charge in [0.15, 0.2) is 5.72 Å². The van der Waals surface area contributed by atoms with E-state index in [1.807, 2.05) is 36.4 Å². The molecule has 1 aromatic heterocycles. The molecule has 4 heterocycles. The van der Waals surface area contributed by atoms with Crippen LogP contribution in [0.4, 0.5) is 0 Å². The van der Waals surface area contributed by atoms with Gasteiger partial charge in [-0.2, -0.15) is 4.31 Å². The SMILES string of the molecule is COc1ccc(S(=O)(=O)N2CCC(C3NC(c4ccccn4)=CN3C3(Cc4ccccc4)COCO3)CC2)cc1. The summed E-state index contributed by atoms with van der Waals surface area (Å²) < 4.78 is 45.7. The summed E-state index contributed by atoms with van der Waals surface area (Å²) in [4.78, 5) is 7.11. The number of hydrogen-bond donors (Lipinski definition) is 1. The van der Waals surface area contributed by atoms with E-state index in [-0.39, 0.29) is 23.8 Å². The quantitative estimate of drug-likeness (QED) is 0.445. The Hall–Kier alpha value is -3.44. The zero-order valence-corrected chi connectivity index (χ0v) is 23.3. The number of benzene rings is 2. The van der Waals surface area contributed by atoms with Gasteiger partial charge in [-0.1, -0.05) is 36.4 Å². The first-order valence-corrected chi connectivity index (χ1v) is 15.0. The number of methoxy groups -OCH3 is 1. The van der Waals surface area contributed by atoms with Gasteiger partial charge in [-0.3, -0.25) is 4.98 Å². The average Bonchev–Trinajstić information content (AvgIpc) is 3.67. The summed E-state index contributed by atoms with van der Waals surface area (Å²) in [5, 5.41) is 3.72. The van der Waals surface area contributed by atoms with Crippen molar-refractivity contribution in [2.45, 2.75) is 36.0 Å². The van der Waals surface area contributed by atoms with Crippen molar-refractivity contribution < 1.29 is 22.6 Å². The minimum atomic E-state index is -3.59. The summed E-state index contributed by atoms with van der Waals surface area (Å²) in [5.74, 6) is 0.806. The lowest BCUT2D eigenvalue weighted by Gasteiger charge is -2.45. The van der Waals surface area contributed by atoms with Crippen LogP contribution in [-0.2, 0) is 25.9 Å². The molecule has 2 fully saturated rings. The number of piperidine rings is 1. The van der Waals surface area contributed by atoms with Crippen LogP contribution in [0.5, 0.6) is 5.75 Å². The first-order chi connectivity index (χ1) is 19.5. The second kappa shape index (κ2) is 11.2. The largest absolute Gasteiger partial charge is 0.497 e. The second-order valence-corrected chi connectivity index (χ2v) is 12.3. The lowest BCUT2D eigenvalue weighted by Crippen LogP contribution is -2.58. The van der Waals surface area contributed by atoms with Crippen LogP contribution in [0.2, 0.25) is 0 Å². The van der Waals surface area contributed by atoms with Gasteiger partial charge in [-0.05, 0) is 54.8 Å². The Bertz CT molecular complexity index is 1420. The van der Waals surface area contributed by atoms with Crippen LogP contribution in [0.1, 0.15) is 24.1 Å². The highest BCUT2D eigenvalue weighted by molar-refractivity contribution is 7.89. The van der Waals surface area contributed by atoms with Gasteiger partial charge in [0, 0.05) is 37.8 Å². The molecule has 2 saturated heterocycles. The molecule has 2 atom stereocenters. The fourth-order valence-electron chi connectivity index (χ4n) is 5.84. The van der Waals surface area contributed by atoms with Gasteiger partial charge in [0.2, 0.25) is 10.0 Å². The number of sulfonamides is 1. The molecule has 0 amide bonds. The average molecular weight is 563 g/mol. The summed E-state index contributed by atoms with van der Waals surface area (Å²) >= 11 is 0. The summed E-state index contributed by atoms with van der Waals surface area (Å²) in [6.45, 7) is 1.53. The smallest absolute Gasteiger partial charge is 0.243 e. The number of hydrogen-bond acceptors (Lipinski definition) is 8. The summed E-state index contributed by atoms with van der Waals surface area (Å²) in [5.41, 5.74) is 2.24. The molecule has 6 rings (SSSR count). The highest BCUT2D eigenvalue weighted by Gasteiger charge is 2.49. The van der Waals surface area contributed by atoms with Crippen LogP contribution in [0.15, 0.2) is 90.1 Å². The van der Waals surface area contributed by atoms with Crippen molar-refractivity contribution in [3.05, 3.63) is 96.5 Å². The van der Waals surface area contributed by atoms with E-state index in [0.29, 0.717) is 44.7 Å². The van der Waals surface area contributed by atoms with E-state index in [0.717, 1.165) is 17.0 Å². The van der Waals surface area contributed by atoms with Crippen molar-refractivity contribution in [3.8, 4) is 5.75 Å². The second-order valence-electron chi connectivity index (χ2n) is 10.4. The maximum Gasteiger partial charge on any atom is 0.243 e. The number of nitrogens with one attached hydrogen (secondary N) is 1. The molecule has 3 aliphatic rings. The zero-order chi connectivity index (χ0) is 27.6. The van der Waals surface area contributed by atoms with Crippen molar-refractivity contribution >= 4 is 15.7 Å². The molecule has 2 unspecified atom stereocenters. The topological polar surface area (TPSA) is 93.2 Å². The summed E-state index contributed by atoms with van der Waals surface area (Å²) in [6, 6.07) is 22.7. The molecule has 0 radical (unpaired) electrons. The Morgan fingerprint density at radius 1 is 1.02 bits per heavy atom. The van der Waals surface area contributed by atoms with E-state index in [1.54, 1.807) is 41.9 Å². The van der Waals surface area contributed by atoms with Crippen LogP contribution < -0.4 is 10.1 Å². The third-order valence-corrected chi connectivity index (χ3v) is 9.90. The molecule has 2 aromatic carbocycles. The van der Waals surface area contributed by atoms with Crippen molar-refractivity contribution in [2.75, 3.05) is 33.6 Å². The predicted octanol–water partition coefficient (Wildman–Crippen LogP) is 3.66. The molecule has 0 bridgehead atoms. The molecule has 10 heteroatoms. The van der Waals surface area contributed by atoms with Gasteiger partial charge in [-0.15, -0.1) is 0 Å². The van der Waals surface area contributed by atoms with Gasteiger partial charge in [-0.25, -0.2) is 8.42 Å². The minimum Gasteiger partial charge on any atom is -0.497 e. The molecule has 0 saturated carbocycles. The monoisotopic (exact) mass is 562 g/mol. The van der Waals surface area contributed by atoms with E-state index in [9.17, 15) is 8.42 Å². The maximum absolute atomic E-state index is 13.4. The molecule has 3 aliphatic heterocycles. The van der Waals surface area contributed by atoms with Crippen molar-refractivity contribution in [2.24, 2.45) is 5.92 Å². The summed E-state index contributed by atoms with van der Waals surface area (Å²) in [6.07, 6.45) is 5.85. The predicted molar refractivity (Wildman–Crippen MR) is 150 cm³/mol. The zero-order valence-electron chi connectivity index (χ0n) is 22.5. The molecule has 3 aromatic rings.